The summed E-state index contributed by atoms with van der Waals surface area (Å²) in [4.78, 5) is 21.6. The predicted molar refractivity (Wildman–Crippen MR) is 78.7 cm³/mol. The van der Waals surface area contributed by atoms with E-state index in [1.54, 1.807) is 0 Å². The van der Waals surface area contributed by atoms with Gasteiger partial charge in [0.1, 0.15) is 5.35 Å². The fourth-order valence-electron chi connectivity index (χ4n) is 2.05. The molecule has 0 fully saturated rings. The van der Waals surface area contributed by atoms with Crippen LogP contribution < -0.4 is 9.88 Å². The molecule has 11 heteroatoms. The van der Waals surface area contributed by atoms with Crippen LogP contribution in [-0.2, 0) is 4.79 Å². The number of nitrogens with zero attached hydrogens (tertiary/aromatic N) is 4. The molecule has 24 heavy (non-hydrogen) atoms. The normalized spacial score (nSPS) is 22.2. The first kappa shape index (κ1) is 15.7. The van der Waals surface area contributed by atoms with Crippen LogP contribution in [0.1, 0.15) is 0 Å². The van der Waals surface area contributed by atoms with Gasteiger partial charge in [0.25, 0.3) is 5.78 Å². The number of aliphatic hydroxyl groups is 1. The molecule has 2 N–H and O–H groups in total. The lowest BCUT2D eigenvalue weighted by molar-refractivity contribution is -0.418. The molecule has 1 aromatic rings. The highest BCUT2D eigenvalue weighted by molar-refractivity contribution is 7.03. The van der Waals surface area contributed by atoms with Crippen LogP contribution in [0.3, 0.4) is 0 Å². The van der Waals surface area contributed by atoms with Gasteiger partial charge in [-0.1, -0.05) is 4.49 Å². The van der Waals surface area contributed by atoms with Crippen molar-refractivity contribution in [2.24, 2.45) is 0 Å². The first-order chi connectivity index (χ1) is 11.4. The lowest BCUT2D eigenvalue weighted by Crippen LogP contribution is -2.28. The average molecular weight is 350 g/mol. The third-order valence-corrected chi connectivity index (χ3v) is 3.93. The van der Waals surface area contributed by atoms with Gasteiger partial charge in [0.2, 0.25) is 5.95 Å². The van der Waals surface area contributed by atoms with Crippen molar-refractivity contribution in [3.63, 3.8) is 0 Å². The number of aliphatic hydroxyl groups excluding tert-OH is 1. The number of hydroxylamine groups is 2. The Morgan fingerprint density at radius 2 is 2.04 bits per heavy atom. The minimum atomic E-state index is -1.11. The van der Waals surface area contributed by atoms with E-state index in [1.165, 1.54) is 6.08 Å². The fourth-order valence-corrected chi connectivity index (χ4v) is 2.73. The topological polar surface area (TPSA) is 130 Å². The van der Waals surface area contributed by atoms with Gasteiger partial charge in [-0.2, -0.15) is 4.39 Å². The van der Waals surface area contributed by atoms with Crippen molar-refractivity contribution < 1.29 is 24.4 Å². The van der Waals surface area contributed by atoms with Crippen molar-refractivity contribution in [1.29, 1.82) is 0 Å². The van der Waals surface area contributed by atoms with Gasteiger partial charge in [0.05, 0.1) is 9.46 Å². The monoisotopic (exact) mass is 350 g/mol. The minimum absolute atomic E-state index is 0.0867. The molecule has 3 rings (SSSR count). The molecule has 1 aromatic heterocycles. The Balaban J connectivity index is 2.32. The molecule has 9 nitrogen and oxygen atoms in total. The molecular weight excluding hydrogens is 343 g/mol. The first-order valence-corrected chi connectivity index (χ1v) is 7.08. The summed E-state index contributed by atoms with van der Waals surface area (Å²) in [5.74, 6) is -2.85. The van der Waals surface area contributed by atoms with Gasteiger partial charge >= 0.3 is 5.70 Å². The van der Waals surface area contributed by atoms with Gasteiger partial charge in [-0.25, -0.2) is 5.06 Å². The predicted octanol–water partition coefficient (Wildman–Crippen LogP) is 0.0541. The molecule has 0 radical (unpaired) electrons. The van der Waals surface area contributed by atoms with E-state index in [0.717, 1.165) is 36.0 Å². The first-order valence-electron chi connectivity index (χ1n) is 6.30. The Morgan fingerprint density at radius 1 is 1.29 bits per heavy atom. The summed E-state index contributed by atoms with van der Waals surface area (Å²) in [7, 11) is 0. The molecule has 0 unspecified atom stereocenters. The second kappa shape index (κ2) is 5.79. The van der Waals surface area contributed by atoms with Crippen LogP contribution >= 0.6 is 11.5 Å². The lowest BCUT2D eigenvalue weighted by atomic mass is 10.0. The molecule has 0 bridgehead atoms. The van der Waals surface area contributed by atoms with Crippen molar-refractivity contribution in [3.05, 3.63) is 67.9 Å². The standard InChI is InChI=1S/C13H7FN4O5S/c14-10-5-6(1-2-17(10)21)13-11(15-16-24-13)7-3-8(18(22)23)12(20)9(19)4-7/h1-5,19,21H/b11-7-,13-6+. The number of aromatic nitrogens is 2. The molecule has 0 aromatic carbocycles. The third-order valence-electron chi connectivity index (χ3n) is 3.16. The molecule has 0 atom stereocenters. The number of Topliss-reactive ketones (excluding diaryl/α,β-unsaturated/α-hetero) is 1. The van der Waals surface area contributed by atoms with Gasteiger partial charge in [-0.3, -0.25) is 20.1 Å². The second-order valence-electron chi connectivity index (χ2n) is 4.63. The lowest BCUT2D eigenvalue weighted by Gasteiger charge is -2.12. The third kappa shape index (κ3) is 2.61. The van der Waals surface area contributed by atoms with E-state index < -0.39 is 28.1 Å². The van der Waals surface area contributed by atoms with Crippen LogP contribution in [-0.4, -0.2) is 35.7 Å². The molecule has 0 amide bonds. The summed E-state index contributed by atoms with van der Waals surface area (Å²) in [6.45, 7) is 0. The molecule has 1 aliphatic carbocycles. The van der Waals surface area contributed by atoms with E-state index in [4.69, 9.17) is 5.21 Å². The van der Waals surface area contributed by atoms with Crippen molar-refractivity contribution in [1.82, 2.24) is 14.7 Å². The maximum absolute atomic E-state index is 13.5. The fraction of sp³-hybridized carbons (Fsp3) is 0. The Hall–Kier alpha value is -3.18. The zero-order chi connectivity index (χ0) is 17.4. The van der Waals surface area contributed by atoms with Gasteiger partial charge in [0.15, 0.2) is 5.76 Å². The summed E-state index contributed by atoms with van der Waals surface area (Å²) in [5, 5.41) is 33.9. The highest BCUT2D eigenvalue weighted by atomic mass is 32.1. The SMILES string of the molecule is O=C1C(O)=C/C(=c2\nns\c2=C2/C=CN(O)C(F)=C2)C=C1[N+](=O)[O-]. The number of carbonyl (C=O) groups excluding carboxylic acids is 1. The van der Waals surface area contributed by atoms with Gasteiger partial charge in [-0.05, 0) is 23.7 Å². The van der Waals surface area contributed by atoms with Gasteiger partial charge in [0, 0.05) is 29.5 Å². The molecular formula is C13H7FN4O5S. The van der Waals surface area contributed by atoms with E-state index in [9.17, 15) is 24.4 Å². The summed E-state index contributed by atoms with van der Waals surface area (Å²) in [6.07, 6.45) is 5.47. The van der Waals surface area contributed by atoms with Crippen molar-refractivity contribution in [3.8, 4) is 0 Å². The van der Waals surface area contributed by atoms with E-state index in [1.807, 2.05) is 0 Å². The Labute approximate surface area is 136 Å². The number of hydrogen-bond donors (Lipinski definition) is 2. The van der Waals surface area contributed by atoms with Crippen LogP contribution in [0, 0.1) is 10.1 Å². The van der Waals surface area contributed by atoms with Gasteiger partial charge < -0.3 is 5.11 Å². The van der Waals surface area contributed by atoms with Crippen molar-refractivity contribution in [2.45, 2.75) is 0 Å². The highest BCUT2D eigenvalue weighted by Gasteiger charge is 2.30. The van der Waals surface area contributed by atoms with Crippen molar-refractivity contribution in [2.75, 3.05) is 0 Å². The van der Waals surface area contributed by atoms with E-state index in [2.05, 4.69) is 9.59 Å². The maximum atomic E-state index is 13.5. The number of halogens is 1. The zero-order valence-electron chi connectivity index (χ0n) is 11.6. The maximum Gasteiger partial charge on any atom is 0.320 e. The van der Waals surface area contributed by atoms with E-state index >= 15 is 0 Å². The summed E-state index contributed by atoms with van der Waals surface area (Å²) < 4.78 is 17.6. The van der Waals surface area contributed by atoms with E-state index in [0.29, 0.717) is 10.1 Å². The minimum Gasteiger partial charge on any atom is -0.504 e. The highest BCUT2D eigenvalue weighted by Crippen LogP contribution is 2.18. The number of ketones is 1. The number of carbonyl (C=O) groups is 1. The second-order valence-corrected chi connectivity index (χ2v) is 5.39. The van der Waals surface area contributed by atoms with E-state index in [-0.39, 0.29) is 16.0 Å². The molecule has 0 spiro atoms. The summed E-state index contributed by atoms with van der Waals surface area (Å²) in [6, 6.07) is 0. The molecule has 2 heterocycles. The number of allylic oxidation sites excluding steroid dienone is 4. The Morgan fingerprint density at radius 3 is 2.71 bits per heavy atom. The molecule has 0 saturated heterocycles. The van der Waals surface area contributed by atoms with Crippen LogP contribution in [0.5, 0.6) is 0 Å². The Bertz CT molecular complexity index is 1000. The quantitative estimate of drug-likeness (QED) is 0.413. The van der Waals surface area contributed by atoms with Gasteiger partial charge in [-0.15, -0.1) is 5.10 Å². The van der Waals surface area contributed by atoms with Crippen LogP contribution in [0.15, 0.2) is 47.9 Å². The average Bonchev–Trinajstić information content (AvgIpc) is 3.01. The molecule has 0 saturated carbocycles. The summed E-state index contributed by atoms with van der Waals surface area (Å²) in [5.41, 5.74) is -0.406. The van der Waals surface area contributed by atoms with Crippen LogP contribution in [0.2, 0.25) is 0 Å². The molecule has 2 aliphatic rings. The Kier molecular flexibility index (Phi) is 3.79. The summed E-state index contributed by atoms with van der Waals surface area (Å²) >= 11 is 0.888. The molecule has 122 valence electrons. The largest absolute Gasteiger partial charge is 0.504 e. The number of rotatable bonds is 1. The molecule has 1 aliphatic heterocycles. The zero-order valence-corrected chi connectivity index (χ0v) is 12.4. The number of nitro groups is 1. The van der Waals surface area contributed by atoms with Crippen LogP contribution in [0.25, 0.3) is 11.1 Å². The number of hydrogen-bond acceptors (Lipinski definition) is 9. The van der Waals surface area contributed by atoms with Crippen LogP contribution in [0.4, 0.5) is 4.39 Å². The smallest absolute Gasteiger partial charge is 0.320 e. The van der Waals surface area contributed by atoms with Crippen molar-refractivity contribution >= 4 is 28.5 Å².